The Morgan fingerprint density at radius 1 is 1.29 bits per heavy atom. The first-order valence-electron chi connectivity index (χ1n) is 7.86. The molecular formula is C18H21N3. The first-order chi connectivity index (χ1) is 10.3. The lowest BCUT2D eigenvalue weighted by Gasteiger charge is -2.25. The molecule has 3 nitrogen and oxygen atoms in total. The van der Waals surface area contributed by atoms with Gasteiger partial charge in [-0.3, -0.25) is 4.98 Å². The smallest absolute Gasteiger partial charge is 0.103 e. The maximum Gasteiger partial charge on any atom is 0.103 e. The van der Waals surface area contributed by atoms with E-state index in [-0.39, 0.29) is 0 Å². The molecule has 0 radical (unpaired) electrons. The summed E-state index contributed by atoms with van der Waals surface area (Å²) in [7, 11) is 0. The van der Waals surface area contributed by atoms with Gasteiger partial charge in [-0.2, -0.15) is 5.26 Å². The van der Waals surface area contributed by atoms with Crippen LogP contribution in [0.3, 0.4) is 0 Å². The summed E-state index contributed by atoms with van der Waals surface area (Å²) >= 11 is 0. The van der Waals surface area contributed by atoms with Crippen molar-refractivity contribution in [2.24, 2.45) is 5.92 Å². The van der Waals surface area contributed by atoms with Crippen LogP contribution in [-0.4, -0.2) is 18.1 Å². The van der Waals surface area contributed by atoms with Gasteiger partial charge in [0.2, 0.25) is 0 Å². The van der Waals surface area contributed by atoms with Gasteiger partial charge in [-0.05, 0) is 31.2 Å². The molecule has 1 unspecified atom stereocenters. The molecule has 1 aliphatic heterocycles. The van der Waals surface area contributed by atoms with Crippen LogP contribution in [0.25, 0.3) is 10.9 Å². The van der Waals surface area contributed by atoms with E-state index in [0.29, 0.717) is 5.56 Å². The van der Waals surface area contributed by atoms with E-state index in [0.717, 1.165) is 35.6 Å². The molecule has 0 bridgehead atoms. The van der Waals surface area contributed by atoms with Crippen molar-refractivity contribution in [2.45, 2.75) is 32.6 Å². The lowest BCUT2D eigenvalue weighted by molar-refractivity contribution is 0.459. The van der Waals surface area contributed by atoms with Crippen LogP contribution in [0.15, 0.2) is 30.5 Å². The van der Waals surface area contributed by atoms with E-state index >= 15 is 0 Å². The molecule has 0 spiro atoms. The van der Waals surface area contributed by atoms with Crippen molar-refractivity contribution >= 4 is 16.6 Å². The fourth-order valence-corrected chi connectivity index (χ4v) is 3.35. The highest BCUT2D eigenvalue weighted by Gasteiger charge is 2.20. The number of rotatable bonds is 2. The first-order valence-corrected chi connectivity index (χ1v) is 7.86. The highest BCUT2D eigenvalue weighted by atomic mass is 15.1. The zero-order chi connectivity index (χ0) is 14.7. The van der Waals surface area contributed by atoms with Gasteiger partial charge >= 0.3 is 0 Å². The van der Waals surface area contributed by atoms with Crippen molar-refractivity contribution in [1.82, 2.24) is 4.98 Å². The summed E-state index contributed by atoms with van der Waals surface area (Å²) in [4.78, 5) is 6.81. The summed E-state index contributed by atoms with van der Waals surface area (Å²) in [6.45, 7) is 4.36. The second kappa shape index (κ2) is 6.13. The molecule has 0 aliphatic carbocycles. The van der Waals surface area contributed by atoms with E-state index in [1.165, 1.54) is 25.7 Å². The Morgan fingerprint density at radius 2 is 2.14 bits per heavy atom. The van der Waals surface area contributed by atoms with Crippen LogP contribution >= 0.6 is 0 Å². The summed E-state index contributed by atoms with van der Waals surface area (Å²) in [5.41, 5.74) is 2.76. The highest BCUT2D eigenvalue weighted by Crippen LogP contribution is 2.32. The lowest BCUT2D eigenvalue weighted by atomic mass is 9.98. The fraction of sp³-hybridized carbons (Fsp3) is 0.444. The number of para-hydroxylation sites is 1. The largest absolute Gasteiger partial charge is 0.370 e. The van der Waals surface area contributed by atoms with Gasteiger partial charge in [0, 0.05) is 24.7 Å². The maximum atomic E-state index is 9.46. The molecule has 2 heterocycles. The van der Waals surface area contributed by atoms with Gasteiger partial charge in [0.05, 0.1) is 16.8 Å². The summed E-state index contributed by atoms with van der Waals surface area (Å²) in [6.07, 6.45) is 6.71. The van der Waals surface area contributed by atoms with E-state index in [1.54, 1.807) is 6.20 Å². The minimum absolute atomic E-state index is 0.698. The molecule has 1 aliphatic rings. The van der Waals surface area contributed by atoms with Crippen LogP contribution in [-0.2, 0) is 0 Å². The van der Waals surface area contributed by atoms with Crippen LogP contribution < -0.4 is 4.90 Å². The van der Waals surface area contributed by atoms with Crippen molar-refractivity contribution in [3.8, 4) is 6.07 Å². The van der Waals surface area contributed by atoms with Crippen LogP contribution in [0.4, 0.5) is 5.69 Å². The highest BCUT2D eigenvalue weighted by molar-refractivity contribution is 5.94. The van der Waals surface area contributed by atoms with Gasteiger partial charge in [-0.15, -0.1) is 0 Å². The number of anilines is 1. The Kier molecular flexibility index (Phi) is 4.06. The normalized spacial score (nSPS) is 19.2. The lowest BCUT2D eigenvalue weighted by Crippen LogP contribution is -2.25. The maximum absolute atomic E-state index is 9.46. The standard InChI is InChI=1S/C18H21N3/c1-2-14-6-5-10-21(11-9-14)18-15(12-19)13-20-17-8-4-3-7-16(17)18/h3-4,7-8,13-14H,2,5-6,9-11H2,1H3. The molecule has 1 aromatic carbocycles. The van der Waals surface area contributed by atoms with Crippen molar-refractivity contribution in [1.29, 1.82) is 5.26 Å². The minimum atomic E-state index is 0.698. The number of hydrogen-bond acceptors (Lipinski definition) is 3. The van der Waals surface area contributed by atoms with E-state index in [9.17, 15) is 5.26 Å². The average Bonchev–Trinajstić information content (AvgIpc) is 2.79. The number of hydrogen-bond donors (Lipinski definition) is 0. The van der Waals surface area contributed by atoms with E-state index in [2.05, 4.69) is 28.9 Å². The Balaban J connectivity index is 2.04. The van der Waals surface area contributed by atoms with Gasteiger partial charge in [0.25, 0.3) is 0 Å². The third-order valence-corrected chi connectivity index (χ3v) is 4.61. The zero-order valence-electron chi connectivity index (χ0n) is 12.5. The number of nitrogens with zero attached hydrogens (tertiary/aromatic N) is 3. The molecule has 1 fully saturated rings. The van der Waals surface area contributed by atoms with Crippen molar-refractivity contribution < 1.29 is 0 Å². The monoisotopic (exact) mass is 279 g/mol. The second-order valence-electron chi connectivity index (χ2n) is 5.84. The Bertz CT molecular complexity index is 672. The second-order valence-corrected chi connectivity index (χ2v) is 5.84. The predicted octanol–water partition coefficient (Wildman–Crippen LogP) is 4.12. The number of benzene rings is 1. The molecule has 3 rings (SSSR count). The number of fused-ring (bicyclic) bond motifs is 1. The SMILES string of the molecule is CCC1CCCN(c2c(C#N)cnc3ccccc23)CC1. The van der Waals surface area contributed by atoms with Gasteiger partial charge in [0.15, 0.2) is 0 Å². The predicted molar refractivity (Wildman–Crippen MR) is 86.3 cm³/mol. The van der Waals surface area contributed by atoms with Crippen LogP contribution in [0, 0.1) is 17.2 Å². The topological polar surface area (TPSA) is 39.9 Å². The quantitative estimate of drug-likeness (QED) is 0.830. The number of nitriles is 1. The van der Waals surface area contributed by atoms with Crippen molar-refractivity contribution in [3.05, 3.63) is 36.0 Å². The first kappa shape index (κ1) is 13.9. The van der Waals surface area contributed by atoms with Crippen LogP contribution in [0.2, 0.25) is 0 Å². The Labute approximate surface area is 126 Å². The molecule has 0 amide bonds. The van der Waals surface area contributed by atoms with Gasteiger partial charge in [-0.1, -0.05) is 31.5 Å². The fourth-order valence-electron chi connectivity index (χ4n) is 3.35. The molecule has 1 atom stereocenters. The molecule has 3 heteroatoms. The molecule has 108 valence electrons. The summed E-state index contributed by atoms with van der Waals surface area (Å²) < 4.78 is 0. The molecule has 0 N–H and O–H groups in total. The van der Waals surface area contributed by atoms with Crippen molar-refractivity contribution in [2.75, 3.05) is 18.0 Å². The van der Waals surface area contributed by atoms with Gasteiger partial charge in [-0.25, -0.2) is 0 Å². The third-order valence-electron chi connectivity index (χ3n) is 4.61. The molecule has 1 saturated heterocycles. The van der Waals surface area contributed by atoms with Gasteiger partial charge in [0.1, 0.15) is 6.07 Å². The van der Waals surface area contributed by atoms with Gasteiger partial charge < -0.3 is 4.90 Å². The van der Waals surface area contributed by atoms with Crippen molar-refractivity contribution in [3.63, 3.8) is 0 Å². The van der Waals surface area contributed by atoms with Crippen LogP contribution in [0.1, 0.15) is 38.2 Å². The molecule has 0 saturated carbocycles. The Morgan fingerprint density at radius 3 is 2.95 bits per heavy atom. The van der Waals surface area contributed by atoms with E-state index in [4.69, 9.17) is 0 Å². The Hall–Kier alpha value is -2.08. The van der Waals surface area contributed by atoms with Crippen LogP contribution in [0.5, 0.6) is 0 Å². The summed E-state index contributed by atoms with van der Waals surface area (Å²) in [5.74, 6) is 0.827. The molecule has 1 aromatic heterocycles. The summed E-state index contributed by atoms with van der Waals surface area (Å²) in [6, 6.07) is 10.5. The zero-order valence-corrected chi connectivity index (χ0v) is 12.5. The van der Waals surface area contributed by atoms with E-state index < -0.39 is 0 Å². The molecular weight excluding hydrogens is 258 g/mol. The third kappa shape index (κ3) is 2.71. The minimum Gasteiger partial charge on any atom is -0.370 e. The van der Waals surface area contributed by atoms with E-state index in [1.807, 2.05) is 18.2 Å². The molecule has 2 aromatic rings. The molecule has 21 heavy (non-hydrogen) atoms. The number of aromatic nitrogens is 1. The average molecular weight is 279 g/mol. The summed E-state index contributed by atoms with van der Waals surface area (Å²) in [5, 5.41) is 10.6. The number of pyridine rings is 1.